The number of aliphatic hydroxyl groups is 1. The van der Waals surface area contributed by atoms with Crippen molar-refractivity contribution in [3.63, 3.8) is 0 Å². The van der Waals surface area contributed by atoms with Gasteiger partial charge in [0.1, 0.15) is 12.1 Å². The molecule has 4 aliphatic rings. The molecule has 0 aromatic carbocycles. The highest BCUT2D eigenvalue weighted by atomic mass is 16.3. The van der Waals surface area contributed by atoms with Gasteiger partial charge in [0.15, 0.2) is 5.78 Å². The number of fused-ring (bicyclic) bond motifs is 5. The van der Waals surface area contributed by atoms with Gasteiger partial charge in [-0.1, -0.05) is 40.2 Å². The molecule has 0 radical (unpaired) electrons. The third kappa shape index (κ3) is 2.85. The van der Waals surface area contributed by atoms with Gasteiger partial charge >= 0.3 is 0 Å². The van der Waals surface area contributed by atoms with Crippen LogP contribution in [0.1, 0.15) is 86.5 Å². The van der Waals surface area contributed by atoms with E-state index in [1.165, 1.54) is 0 Å². The van der Waals surface area contributed by atoms with Crippen LogP contribution in [-0.4, -0.2) is 29.1 Å². The fourth-order valence-electron chi connectivity index (χ4n) is 8.88. The summed E-state index contributed by atoms with van der Waals surface area (Å²) in [6, 6.07) is 0. The Morgan fingerprint density at radius 2 is 1.81 bits per heavy atom. The van der Waals surface area contributed by atoms with Crippen LogP contribution in [-0.2, 0) is 14.4 Å². The van der Waals surface area contributed by atoms with Gasteiger partial charge in [-0.15, -0.1) is 0 Å². The predicted molar refractivity (Wildman–Crippen MR) is 120 cm³/mol. The number of aldehydes is 1. The standard InChI is InChI=1S/C27H40O4/c1-16(13-17(2)29)18-9-10-26(6)23-21(30)14-20-19(7-8-22(31)24(20,3)4)27(23,15-28)12-11-25(18,26)5/h14-16,18-19,22-23,31H,7-13H2,1-6H3. The first kappa shape index (κ1) is 22.9. The number of carbonyl (C=O) groups is 3. The summed E-state index contributed by atoms with van der Waals surface area (Å²) < 4.78 is 0. The number of hydrogen-bond acceptors (Lipinski definition) is 4. The van der Waals surface area contributed by atoms with Gasteiger partial charge < -0.3 is 14.7 Å². The van der Waals surface area contributed by atoms with Crippen LogP contribution in [0.5, 0.6) is 0 Å². The van der Waals surface area contributed by atoms with E-state index < -0.39 is 16.9 Å². The monoisotopic (exact) mass is 428 g/mol. The Morgan fingerprint density at radius 3 is 2.42 bits per heavy atom. The Balaban J connectivity index is 1.81. The molecule has 1 N–H and O–H groups in total. The van der Waals surface area contributed by atoms with Gasteiger partial charge in [-0.3, -0.25) is 4.79 Å². The first-order valence-electron chi connectivity index (χ1n) is 12.2. The minimum Gasteiger partial charge on any atom is -0.392 e. The van der Waals surface area contributed by atoms with Crippen LogP contribution in [0.2, 0.25) is 0 Å². The zero-order valence-corrected chi connectivity index (χ0v) is 20.2. The molecular weight excluding hydrogens is 388 g/mol. The first-order valence-corrected chi connectivity index (χ1v) is 12.2. The summed E-state index contributed by atoms with van der Waals surface area (Å²) in [5.74, 6) is 0.753. The number of allylic oxidation sites excluding steroid dienone is 1. The highest BCUT2D eigenvalue weighted by Crippen LogP contribution is 2.74. The Kier molecular flexibility index (Phi) is 5.24. The van der Waals surface area contributed by atoms with Gasteiger partial charge in [-0.05, 0) is 80.1 Å². The first-order chi connectivity index (χ1) is 14.3. The Hall–Kier alpha value is -1.29. The fraction of sp³-hybridized carbons (Fsp3) is 0.815. The maximum absolute atomic E-state index is 13.8. The SMILES string of the molecule is CC(=O)CC(C)C1CCC2(C)C3C(=O)C=C4C(CCC(O)C4(C)C)C3(C=O)CCC12C. The maximum Gasteiger partial charge on any atom is 0.160 e. The van der Waals surface area contributed by atoms with Crippen LogP contribution in [0.15, 0.2) is 11.6 Å². The fourth-order valence-corrected chi connectivity index (χ4v) is 8.88. The Bertz CT molecular complexity index is 840. The lowest BCUT2D eigenvalue weighted by molar-refractivity contribution is -0.171. The number of rotatable bonds is 4. The molecule has 4 aliphatic carbocycles. The van der Waals surface area contributed by atoms with Crippen LogP contribution < -0.4 is 0 Å². The summed E-state index contributed by atoms with van der Waals surface area (Å²) >= 11 is 0. The lowest BCUT2D eigenvalue weighted by atomic mass is 9.38. The van der Waals surface area contributed by atoms with Crippen molar-refractivity contribution < 1.29 is 19.5 Å². The lowest BCUT2D eigenvalue weighted by Crippen LogP contribution is -2.63. The molecule has 0 heterocycles. The third-order valence-electron chi connectivity index (χ3n) is 10.8. The lowest BCUT2D eigenvalue weighted by Gasteiger charge is -2.64. The molecule has 172 valence electrons. The number of ketones is 2. The molecule has 0 aliphatic heterocycles. The zero-order chi connectivity index (χ0) is 23.0. The van der Waals surface area contributed by atoms with Crippen LogP contribution in [0.25, 0.3) is 0 Å². The molecule has 3 saturated carbocycles. The second kappa shape index (κ2) is 7.10. The minimum atomic E-state index is -0.661. The van der Waals surface area contributed by atoms with Gasteiger partial charge in [-0.2, -0.15) is 0 Å². The Morgan fingerprint density at radius 1 is 1.13 bits per heavy atom. The molecule has 0 saturated heterocycles. The molecule has 0 bridgehead atoms. The largest absolute Gasteiger partial charge is 0.392 e. The second-order valence-electron chi connectivity index (χ2n) is 12.4. The van der Waals surface area contributed by atoms with E-state index in [0.717, 1.165) is 44.0 Å². The molecule has 0 amide bonds. The predicted octanol–water partition coefficient (Wildman–Crippen LogP) is 4.93. The van der Waals surface area contributed by atoms with Crippen LogP contribution in [0.4, 0.5) is 0 Å². The molecule has 8 unspecified atom stereocenters. The van der Waals surface area contributed by atoms with Crippen molar-refractivity contribution in [3.8, 4) is 0 Å². The topological polar surface area (TPSA) is 71.4 Å². The van der Waals surface area contributed by atoms with Crippen LogP contribution in [0.3, 0.4) is 0 Å². The molecule has 0 spiro atoms. The van der Waals surface area contributed by atoms with Crippen molar-refractivity contribution in [2.75, 3.05) is 0 Å². The van der Waals surface area contributed by atoms with Crippen molar-refractivity contribution in [1.29, 1.82) is 0 Å². The van der Waals surface area contributed by atoms with E-state index in [1.807, 2.05) is 19.9 Å². The van der Waals surface area contributed by atoms with E-state index in [4.69, 9.17) is 0 Å². The number of aliphatic hydroxyl groups excluding tert-OH is 1. The highest BCUT2D eigenvalue weighted by Gasteiger charge is 2.71. The molecule has 3 fully saturated rings. The molecule has 8 atom stereocenters. The van der Waals surface area contributed by atoms with Gasteiger partial charge in [0.05, 0.1) is 6.10 Å². The molecule has 4 rings (SSSR count). The van der Waals surface area contributed by atoms with E-state index in [-0.39, 0.29) is 34.2 Å². The van der Waals surface area contributed by atoms with Gasteiger partial charge in [-0.25, -0.2) is 0 Å². The van der Waals surface area contributed by atoms with Crippen molar-refractivity contribution in [2.24, 2.45) is 45.3 Å². The molecule has 0 aromatic rings. The van der Waals surface area contributed by atoms with E-state index in [9.17, 15) is 19.5 Å². The second-order valence-corrected chi connectivity index (χ2v) is 12.4. The minimum absolute atomic E-state index is 0.0427. The van der Waals surface area contributed by atoms with Crippen LogP contribution in [0, 0.1) is 45.3 Å². The summed E-state index contributed by atoms with van der Waals surface area (Å²) in [5, 5.41) is 10.7. The van der Waals surface area contributed by atoms with Crippen molar-refractivity contribution >= 4 is 17.9 Å². The number of carbonyl (C=O) groups excluding carboxylic acids is 3. The van der Waals surface area contributed by atoms with E-state index in [1.54, 1.807) is 6.92 Å². The summed E-state index contributed by atoms with van der Waals surface area (Å²) in [6.07, 6.45) is 8.13. The number of hydrogen-bond donors (Lipinski definition) is 1. The summed E-state index contributed by atoms with van der Waals surface area (Å²) in [4.78, 5) is 38.6. The normalized spacial score (nSPS) is 46.9. The van der Waals surface area contributed by atoms with Gasteiger partial charge in [0.25, 0.3) is 0 Å². The molecular formula is C27H40O4. The average molecular weight is 429 g/mol. The molecule has 4 heteroatoms. The summed E-state index contributed by atoms with van der Waals surface area (Å²) in [7, 11) is 0. The third-order valence-corrected chi connectivity index (χ3v) is 10.8. The summed E-state index contributed by atoms with van der Waals surface area (Å²) in [5.41, 5.74) is -0.447. The molecule has 31 heavy (non-hydrogen) atoms. The van der Waals surface area contributed by atoms with Gasteiger partial charge in [0.2, 0.25) is 0 Å². The van der Waals surface area contributed by atoms with E-state index in [0.29, 0.717) is 24.7 Å². The summed E-state index contributed by atoms with van der Waals surface area (Å²) in [6.45, 7) is 12.5. The molecule has 4 nitrogen and oxygen atoms in total. The van der Waals surface area contributed by atoms with Crippen molar-refractivity contribution in [3.05, 3.63) is 11.6 Å². The van der Waals surface area contributed by atoms with Crippen LogP contribution >= 0.6 is 0 Å². The van der Waals surface area contributed by atoms with E-state index in [2.05, 4.69) is 20.8 Å². The average Bonchev–Trinajstić information content (AvgIpc) is 2.95. The zero-order valence-electron chi connectivity index (χ0n) is 20.2. The van der Waals surface area contributed by atoms with E-state index >= 15 is 0 Å². The quantitative estimate of drug-likeness (QED) is 0.645. The molecule has 0 aromatic heterocycles. The van der Waals surface area contributed by atoms with Crippen molar-refractivity contribution in [1.82, 2.24) is 0 Å². The van der Waals surface area contributed by atoms with Gasteiger partial charge in [0, 0.05) is 23.2 Å². The smallest absolute Gasteiger partial charge is 0.160 e. The highest BCUT2D eigenvalue weighted by molar-refractivity contribution is 5.98. The Labute approximate surface area is 187 Å². The van der Waals surface area contributed by atoms with Crippen molar-refractivity contribution in [2.45, 2.75) is 92.6 Å². The number of Topliss-reactive ketones (excluding diaryl/α,β-unsaturated/α-hetero) is 1. The maximum atomic E-state index is 13.8.